The Morgan fingerprint density at radius 1 is 1.32 bits per heavy atom. The number of nitrogens with one attached hydrogen (secondary N) is 1. The van der Waals surface area contributed by atoms with Crippen LogP contribution in [0.3, 0.4) is 0 Å². The summed E-state index contributed by atoms with van der Waals surface area (Å²) in [6.45, 7) is 3.94. The van der Waals surface area contributed by atoms with Crippen LogP contribution in [0, 0.1) is 5.92 Å². The Morgan fingerprint density at radius 3 is 2.47 bits per heavy atom. The average Bonchev–Trinajstić information content (AvgIpc) is 2.31. The van der Waals surface area contributed by atoms with Gasteiger partial charge in [-0.3, -0.25) is 0 Å². The highest BCUT2D eigenvalue weighted by Crippen LogP contribution is 2.26. The molecule has 0 heterocycles. The van der Waals surface area contributed by atoms with Gasteiger partial charge in [-0.1, -0.05) is 29.8 Å². The van der Waals surface area contributed by atoms with Gasteiger partial charge in [0.2, 0.25) is 10.0 Å². The minimum absolute atomic E-state index is 0.173. The van der Waals surface area contributed by atoms with E-state index in [0.29, 0.717) is 16.8 Å². The lowest BCUT2D eigenvalue weighted by Crippen LogP contribution is -2.38. The summed E-state index contributed by atoms with van der Waals surface area (Å²) >= 11 is 12.3. The number of rotatable bonds is 6. The van der Waals surface area contributed by atoms with Crippen LogP contribution in [-0.4, -0.2) is 20.3 Å². The molecule has 1 rings (SSSR count). The van der Waals surface area contributed by atoms with Crippen LogP contribution in [-0.2, 0) is 10.0 Å². The van der Waals surface area contributed by atoms with Crippen molar-refractivity contribution in [3.05, 3.63) is 27.1 Å². The normalized spacial score (nSPS) is 13.8. The molecule has 3 nitrogen and oxygen atoms in total. The average molecular weight is 434 g/mol. The molecule has 0 bridgehead atoms. The van der Waals surface area contributed by atoms with E-state index in [1.165, 1.54) is 0 Å². The molecule has 1 unspecified atom stereocenters. The summed E-state index contributed by atoms with van der Waals surface area (Å²) < 4.78 is 28.8. The Kier molecular flexibility index (Phi) is 6.79. The summed E-state index contributed by atoms with van der Waals surface area (Å²) in [5, 5.41) is 0. The fourth-order valence-electron chi connectivity index (χ4n) is 1.59. The predicted molar refractivity (Wildman–Crippen MR) is 86.1 cm³/mol. The molecule has 0 amide bonds. The number of hydrogen-bond donors (Lipinski definition) is 1. The van der Waals surface area contributed by atoms with E-state index in [1.54, 1.807) is 18.2 Å². The van der Waals surface area contributed by atoms with Crippen LogP contribution in [0.4, 0.5) is 0 Å². The van der Waals surface area contributed by atoms with Gasteiger partial charge in [-0.25, -0.2) is 13.1 Å². The van der Waals surface area contributed by atoms with Gasteiger partial charge in [-0.05, 0) is 46.5 Å². The zero-order chi connectivity index (χ0) is 14.6. The van der Waals surface area contributed by atoms with Crippen molar-refractivity contribution in [2.75, 3.05) is 5.88 Å². The maximum absolute atomic E-state index is 12.4. The first kappa shape index (κ1) is 17.4. The summed E-state index contributed by atoms with van der Waals surface area (Å²) in [6.07, 6.45) is 0.601. The van der Waals surface area contributed by atoms with Gasteiger partial charge in [0, 0.05) is 20.9 Å². The van der Waals surface area contributed by atoms with Crippen molar-refractivity contribution in [1.82, 2.24) is 4.72 Å². The maximum atomic E-state index is 12.4. The van der Waals surface area contributed by atoms with E-state index in [-0.39, 0.29) is 16.9 Å². The van der Waals surface area contributed by atoms with Crippen LogP contribution in [0.25, 0.3) is 0 Å². The molecule has 0 saturated carbocycles. The lowest BCUT2D eigenvalue weighted by Gasteiger charge is -2.21. The van der Waals surface area contributed by atoms with Crippen molar-refractivity contribution < 1.29 is 8.42 Å². The SMILES string of the molecule is CC(C)C(CCCl)NS(=O)(=O)c1cc(Br)ccc1Br. The second-order valence-corrected chi connectivity index (χ2v) is 8.35. The van der Waals surface area contributed by atoms with Gasteiger partial charge in [-0.15, -0.1) is 11.6 Å². The van der Waals surface area contributed by atoms with Crippen LogP contribution < -0.4 is 4.72 Å². The summed E-state index contributed by atoms with van der Waals surface area (Å²) in [5.74, 6) is 0.602. The molecule has 0 fully saturated rings. The second-order valence-electron chi connectivity index (χ2n) is 4.52. The Hall–Kier alpha value is 0.380. The van der Waals surface area contributed by atoms with E-state index >= 15 is 0 Å². The molecule has 108 valence electrons. The van der Waals surface area contributed by atoms with Crippen LogP contribution in [0.2, 0.25) is 0 Å². The molecular formula is C12H16Br2ClNO2S. The van der Waals surface area contributed by atoms with Gasteiger partial charge in [0.15, 0.2) is 0 Å². The first-order valence-electron chi connectivity index (χ1n) is 5.81. The fraction of sp³-hybridized carbons (Fsp3) is 0.500. The number of halogens is 3. The Labute approximate surface area is 136 Å². The van der Waals surface area contributed by atoms with Crippen LogP contribution in [0.15, 0.2) is 32.0 Å². The molecule has 0 spiro atoms. The number of sulfonamides is 1. The second kappa shape index (κ2) is 7.41. The number of alkyl halides is 1. The third kappa shape index (κ3) is 5.01. The molecule has 19 heavy (non-hydrogen) atoms. The lowest BCUT2D eigenvalue weighted by molar-refractivity contribution is 0.439. The molecule has 0 aromatic heterocycles. The van der Waals surface area contributed by atoms with Gasteiger partial charge in [-0.2, -0.15) is 0 Å². The smallest absolute Gasteiger partial charge is 0.208 e. The molecule has 1 aromatic carbocycles. The lowest BCUT2D eigenvalue weighted by atomic mass is 10.0. The van der Waals surface area contributed by atoms with E-state index in [4.69, 9.17) is 11.6 Å². The van der Waals surface area contributed by atoms with Crippen LogP contribution >= 0.6 is 43.5 Å². The Balaban J connectivity index is 3.06. The summed E-state index contributed by atoms with van der Waals surface area (Å²) in [7, 11) is -3.57. The quantitative estimate of drug-likeness (QED) is 0.686. The molecular weight excluding hydrogens is 417 g/mol. The fourth-order valence-corrected chi connectivity index (χ4v) is 4.75. The third-order valence-electron chi connectivity index (χ3n) is 2.71. The van der Waals surface area contributed by atoms with Crippen molar-refractivity contribution in [2.45, 2.75) is 31.2 Å². The van der Waals surface area contributed by atoms with Gasteiger partial charge in [0.25, 0.3) is 0 Å². The van der Waals surface area contributed by atoms with Gasteiger partial charge >= 0.3 is 0 Å². The molecule has 0 aliphatic carbocycles. The van der Waals surface area contributed by atoms with E-state index in [2.05, 4.69) is 36.6 Å². The number of hydrogen-bond acceptors (Lipinski definition) is 2. The van der Waals surface area contributed by atoms with Crippen molar-refractivity contribution in [2.24, 2.45) is 5.92 Å². The van der Waals surface area contributed by atoms with Gasteiger partial charge in [0.05, 0.1) is 4.90 Å². The molecule has 0 aliphatic heterocycles. The van der Waals surface area contributed by atoms with Gasteiger partial charge < -0.3 is 0 Å². The van der Waals surface area contributed by atoms with E-state index in [1.807, 2.05) is 13.8 Å². The topological polar surface area (TPSA) is 46.2 Å². The summed E-state index contributed by atoms with van der Waals surface area (Å²) in [6, 6.07) is 4.88. The highest BCUT2D eigenvalue weighted by Gasteiger charge is 2.24. The number of benzene rings is 1. The van der Waals surface area contributed by atoms with Crippen molar-refractivity contribution >= 4 is 53.5 Å². The highest BCUT2D eigenvalue weighted by molar-refractivity contribution is 9.11. The molecule has 0 radical (unpaired) electrons. The maximum Gasteiger partial charge on any atom is 0.241 e. The van der Waals surface area contributed by atoms with E-state index in [9.17, 15) is 8.42 Å². The highest BCUT2D eigenvalue weighted by atomic mass is 79.9. The molecule has 7 heteroatoms. The van der Waals surface area contributed by atoms with E-state index < -0.39 is 10.0 Å². The first-order chi connectivity index (χ1) is 8.77. The molecule has 1 N–H and O–H groups in total. The van der Waals surface area contributed by atoms with Gasteiger partial charge in [0.1, 0.15) is 0 Å². The Morgan fingerprint density at radius 2 is 1.95 bits per heavy atom. The minimum Gasteiger partial charge on any atom is -0.208 e. The molecule has 1 aromatic rings. The minimum atomic E-state index is -3.57. The standard InChI is InChI=1S/C12H16Br2ClNO2S/c1-8(2)11(5-6-15)16-19(17,18)12-7-9(13)3-4-10(12)14/h3-4,7-8,11,16H,5-6H2,1-2H3. The third-order valence-corrected chi connectivity index (χ3v) is 5.91. The van der Waals surface area contributed by atoms with Crippen LogP contribution in [0.1, 0.15) is 20.3 Å². The Bertz CT molecular complexity index is 535. The zero-order valence-corrected chi connectivity index (χ0v) is 15.4. The molecule has 1 atom stereocenters. The predicted octanol–water partition coefficient (Wildman–Crippen LogP) is 4.14. The van der Waals surface area contributed by atoms with E-state index in [0.717, 1.165) is 4.47 Å². The first-order valence-corrected chi connectivity index (χ1v) is 9.41. The van der Waals surface area contributed by atoms with Crippen molar-refractivity contribution in [3.8, 4) is 0 Å². The largest absolute Gasteiger partial charge is 0.241 e. The summed E-state index contributed by atoms with van der Waals surface area (Å²) in [4.78, 5) is 0.224. The molecule has 0 aliphatic rings. The van der Waals surface area contributed by atoms with Crippen molar-refractivity contribution in [3.63, 3.8) is 0 Å². The molecule has 0 saturated heterocycles. The monoisotopic (exact) mass is 431 g/mol. The summed E-state index contributed by atoms with van der Waals surface area (Å²) in [5.41, 5.74) is 0. The van der Waals surface area contributed by atoms with Crippen molar-refractivity contribution in [1.29, 1.82) is 0 Å². The zero-order valence-electron chi connectivity index (χ0n) is 10.7. The van der Waals surface area contributed by atoms with Crippen LogP contribution in [0.5, 0.6) is 0 Å².